The number of ether oxygens (including phenoxy) is 1. The molecule has 2 rings (SSSR count). The van der Waals surface area contributed by atoms with Crippen LogP contribution in [0.1, 0.15) is 59.3 Å². The molecule has 0 amide bonds. The fourth-order valence-electron chi connectivity index (χ4n) is 4.45. The fourth-order valence-corrected chi connectivity index (χ4v) is 4.45. The molecule has 0 aliphatic carbocycles. The van der Waals surface area contributed by atoms with Crippen LogP contribution in [-0.4, -0.2) is 74.8 Å². The first kappa shape index (κ1) is 20.5. The number of likely N-dealkylation sites (tertiary alicyclic amines) is 1. The molecule has 1 unspecified atom stereocenters. The third-order valence-electron chi connectivity index (χ3n) is 6.16. The first-order valence-electron chi connectivity index (χ1n) is 10.2. The highest BCUT2D eigenvalue weighted by Gasteiger charge is 2.36. The molecule has 5 heteroatoms. The molecule has 2 saturated heterocycles. The van der Waals surface area contributed by atoms with Crippen LogP contribution in [0.4, 0.5) is 0 Å². The van der Waals surface area contributed by atoms with Gasteiger partial charge in [0.2, 0.25) is 0 Å². The Hall–Kier alpha value is -0.810. The van der Waals surface area contributed by atoms with Crippen molar-refractivity contribution in [2.75, 3.05) is 53.5 Å². The summed E-state index contributed by atoms with van der Waals surface area (Å²) < 4.78 is 5.60. The second-order valence-electron chi connectivity index (χ2n) is 8.49. The molecule has 146 valence electrons. The van der Waals surface area contributed by atoms with Crippen LogP contribution in [-0.2, 0) is 4.74 Å². The summed E-state index contributed by atoms with van der Waals surface area (Å²) in [7, 11) is 4.37. The third kappa shape index (κ3) is 5.33. The van der Waals surface area contributed by atoms with Crippen molar-refractivity contribution < 1.29 is 4.74 Å². The van der Waals surface area contributed by atoms with Crippen molar-refractivity contribution in [2.45, 2.75) is 64.8 Å². The van der Waals surface area contributed by atoms with Gasteiger partial charge >= 0.3 is 0 Å². The number of piperidine rings is 1. The summed E-state index contributed by atoms with van der Waals surface area (Å²) in [4.78, 5) is 9.98. The molecular formula is C20H40N4O. The summed E-state index contributed by atoms with van der Waals surface area (Å²) in [5.74, 6) is 1.11. The molecule has 2 aliphatic rings. The zero-order chi connectivity index (χ0) is 18.3. The van der Waals surface area contributed by atoms with Gasteiger partial charge in [-0.25, -0.2) is 0 Å². The molecular weight excluding hydrogens is 312 g/mol. The van der Waals surface area contributed by atoms with Gasteiger partial charge < -0.3 is 19.9 Å². The maximum atomic E-state index is 5.60. The molecule has 2 heterocycles. The van der Waals surface area contributed by atoms with Crippen molar-refractivity contribution in [3.05, 3.63) is 0 Å². The summed E-state index contributed by atoms with van der Waals surface area (Å²) in [6.07, 6.45) is 7.32. The largest absolute Gasteiger partial charge is 0.381 e. The van der Waals surface area contributed by atoms with E-state index in [1.807, 2.05) is 0 Å². The number of guanidine groups is 1. The van der Waals surface area contributed by atoms with E-state index in [4.69, 9.17) is 9.73 Å². The van der Waals surface area contributed by atoms with Gasteiger partial charge in [0, 0.05) is 38.4 Å². The molecule has 0 aromatic rings. The number of hydrogen-bond acceptors (Lipinski definition) is 3. The molecule has 2 fully saturated rings. The average molecular weight is 353 g/mol. The van der Waals surface area contributed by atoms with Crippen molar-refractivity contribution in [3.8, 4) is 0 Å². The molecule has 1 atom stereocenters. The van der Waals surface area contributed by atoms with Gasteiger partial charge in [0.25, 0.3) is 0 Å². The molecule has 0 aromatic heterocycles. The molecule has 2 aliphatic heterocycles. The van der Waals surface area contributed by atoms with E-state index >= 15 is 0 Å². The smallest absolute Gasteiger partial charge is 0.193 e. The number of rotatable bonds is 6. The Kier molecular flexibility index (Phi) is 7.56. The van der Waals surface area contributed by atoms with E-state index in [1.165, 1.54) is 25.7 Å². The van der Waals surface area contributed by atoms with E-state index in [0.29, 0.717) is 5.41 Å². The molecule has 0 aromatic carbocycles. The summed E-state index contributed by atoms with van der Waals surface area (Å²) in [5, 5.41) is 3.55. The lowest BCUT2D eigenvalue weighted by Crippen LogP contribution is -2.53. The minimum Gasteiger partial charge on any atom is -0.381 e. The number of hydrogen-bond donors (Lipinski definition) is 1. The van der Waals surface area contributed by atoms with Crippen LogP contribution in [0, 0.1) is 5.41 Å². The molecule has 1 N–H and O–H groups in total. The van der Waals surface area contributed by atoms with Gasteiger partial charge in [0.05, 0.1) is 6.54 Å². The Balaban J connectivity index is 2.11. The first-order chi connectivity index (χ1) is 11.9. The van der Waals surface area contributed by atoms with E-state index in [-0.39, 0.29) is 5.54 Å². The number of nitrogens with one attached hydrogen (secondary N) is 1. The quantitative estimate of drug-likeness (QED) is 0.589. The van der Waals surface area contributed by atoms with E-state index in [9.17, 15) is 0 Å². The summed E-state index contributed by atoms with van der Waals surface area (Å²) in [6, 6.07) is 0. The zero-order valence-electron chi connectivity index (χ0n) is 17.2. The van der Waals surface area contributed by atoms with Crippen LogP contribution < -0.4 is 5.32 Å². The van der Waals surface area contributed by atoms with Crippen LogP contribution in [0.25, 0.3) is 0 Å². The maximum absolute atomic E-state index is 5.60. The summed E-state index contributed by atoms with van der Waals surface area (Å²) in [6.45, 7) is 12.7. The fraction of sp³-hybridized carbons (Fsp3) is 0.950. The van der Waals surface area contributed by atoms with Crippen LogP contribution in [0.3, 0.4) is 0 Å². The minimum atomic E-state index is 0.140. The van der Waals surface area contributed by atoms with E-state index in [0.717, 1.165) is 58.2 Å². The lowest BCUT2D eigenvalue weighted by Gasteiger charge is -2.44. The Morgan fingerprint density at radius 3 is 2.52 bits per heavy atom. The first-order valence-corrected chi connectivity index (χ1v) is 10.2. The minimum absolute atomic E-state index is 0.140. The summed E-state index contributed by atoms with van der Waals surface area (Å²) >= 11 is 0. The van der Waals surface area contributed by atoms with Crippen molar-refractivity contribution in [1.82, 2.24) is 15.1 Å². The van der Waals surface area contributed by atoms with Gasteiger partial charge in [-0.2, -0.15) is 0 Å². The Morgan fingerprint density at radius 2 is 1.92 bits per heavy atom. The van der Waals surface area contributed by atoms with Crippen LogP contribution in [0.5, 0.6) is 0 Å². The lowest BCUT2D eigenvalue weighted by molar-refractivity contribution is -0.00271. The van der Waals surface area contributed by atoms with Crippen molar-refractivity contribution in [2.24, 2.45) is 10.4 Å². The Bertz CT molecular complexity index is 427. The van der Waals surface area contributed by atoms with E-state index in [1.54, 1.807) is 0 Å². The van der Waals surface area contributed by atoms with Crippen LogP contribution in [0.15, 0.2) is 4.99 Å². The zero-order valence-corrected chi connectivity index (χ0v) is 17.2. The second-order valence-corrected chi connectivity index (χ2v) is 8.49. The van der Waals surface area contributed by atoms with Crippen molar-refractivity contribution in [1.29, 1.82) is 0 Å². The monoisotopic (exact) mass is 352 g/mol. The van der Waals surface area contributed by atoms with Gasteiger partial charge in [-0.3, -0.25) is 4.99 Å². The van der Waals surface area contributed by atoms with Gasteiger partial charge in [0.15, 0.2) is 5.96 Å². The topological polar surface area (TPSA) is 40.1 Å². The van der Waals surface area contributed by atoms with E-state index in [2.05, 4.69) is 50.0 Å². The SMILES string of the molecule is CCCC1(C)CCCN(C(=NCC2(N(C)C)CCOCC2)NCC)C1. The van der Waals surface area contributed by atoms with Gasteiger partial charge in [-0.05, 0) is 58.5 Å². The molecule has 0 spiro atoms. The number of nitrogens with zero attached hydrogens (tertiary/aromatic N) is 3. The van der Waals surface area contributed by atoms with Crippen molar-refractivity contribution >= 4 is 5.96 Å². The van der Waals surface area contributed by atoms with E-state index < -0.39 is 0 Å². The Morgan fingerprint density at radius 1 is 1.20 bits per heavy atom. The lowest BCUT2D eigenvalue weighted by atomic mass is 9.78. The third-order valence-corrected chi connectivity index (χ3v) is 6.16. The molecule has 0 radical (unpaired) electrons. The highest BCUT2D eigenvalue weighted by atomic mass is 16.5. The molecule has 25 heavy (non-hydrogen) atoms. The summed E-state index contributed by atoms with van der Waals surface area (Å²) in [5.41, 5.74) is 0.572. The highest BCUT2D eigenvalue weighted by molar-refractivity contribution is 5.80. The average Bonchev–Trinajstić information content (AvgIpc) is 2.59. The van der Waals surface area contributed by atoms with Gasteiger partial charge in [-0.1, -0.05) is 20.3 Å². The highest BCUT2D eigenvalue weighted by Crippen LogP contribution is 2.34. The van der Waals surface area contributed by atoms with Gasteiger partial charge in [0.1, 0.15) is 0 Å². The predicted octanol–water partition coefficient (Wildman–Crippen LogP) is 2.96. The van der Waals surface area contributed by atoms with Crippen LogP contribution >= 0.6 is 0 Å². The van der Waals surface area contributed by atoms with Crippen molar-refractivity contribution in [3.63, 3.8) is 0 Å². The second kappa shape index (κ2) is 9.22. The Labute approximate surface area is 155 Å². The standard InChI is InChI=1S/C20H40N4O/c1-6-9-19(3)10-8-13-24(17-19)18(21-7-2)22-16-20(23(4)5)11-14-25-15-12-20/h6-17H2,1-5H3,(H,21,22). The number of likely N-dealkylation sites (N-methyl/N-ethyl adjacent to an activating group) is 1. The predicted molar refractivity (Wildman–Crippen MR) is 106 cm³/mol. The van der Waals surface area contributed by atoms with Crippen LogP contribution in [0.2, 0.25) is 0 Å². The maximum Gasteiger partial charge on any atom is 0.193 e. The normalized spacial score (nSPS) is 27.6. The number of aliphatic imine (C=N–C) groups is 1. The van der Waals surface area contributed by atoms with Gasteiger partial charge in [-0.15, -0.1) is 0 Å². The molecule has 0 saturated carbocycles. The molecule has 0 bridgehead atoms. The molecule has 5 nitrogen and oxygen atoms in total.